The Labute approximate surface area is 175 Å². The maximum atomic E-state index is 13.5. The fourth-order valence-electron chi connectivity index (χ4n) is 2.94. The maximum absolute atomic E-state index is 13.5. The van der Waals surface area contributed by atoms with Crippen molar-refractivity contribution in [3.05, 3.63) is 90.3 Å². The van der Waals surface area contributed by atoms with E-state index < -0.39 is 16.9 Å². The smallest absolute Gasteiger partial charge is 0.196 e. The van der Waals surface area contributed by atoms with Gasteiger partial charge in [-0.15, -0.1) is 10.2 Å². The van der Waals surface area contributed by atoms with E-state index in [0.29, 0.717) is 11.0 Å². The number of nitrogens with zero attached hydrogens (tertiary/aromatic N) is 4. The molecule has 0 aliphatic rings. The van der Waals surface area contributed by atoms with Gasteiger partial charge in [0.05, 0.1) is 5.25 Å². The Morgan fingerprint density at radius 2 is 1.70 bits per heavy atom. The van der Waals surface area contributed by atoms with E-state index in [4.69, 9.17) is 0 Å². The predicted molar refractivity (Wildman–Crippen MR) is 111 cm³/mol. The highest BCUT2D eigenvalue weighted by molar-refractivity contribution is 8.00. The number of pyridine rings is 1. The third kappa shape index (κ3) is 3.99. The van der Waals surface area contributed by atoms with Gasteiger partial charge in [-0.2, -0.15) is 0 Å². The monoisotopic (exact) mass is 422 g/mol. The van der Waals surface area contributed by atoms with Gasteiger partial charge in [-0.3, -0.25) is 14.3 Å². The molecule has 0 saturated heterocycles. The third-order valence-electron chi connectivity index (χ3n) is 4.44. The van der Waals surface area contributed by atoms with Crippen LogP contribution in [0.2, 0.25) is 0 Å². The molecule has 4 aromatic rings. The molecule has 1 unspecified atom stereocenters. The number of Topliss-reactive ketones (excluding diaryl/α,β-unsaturated/α-hetero) is 1. The van der Waals surface area contributed by atoms with Gasteiger partial charge in [0.1, 0.15) is 0 Å². The van der Waals surface area contributed by atoms with Crippen molar-refractivity contribution in [3.8, 4) is 17.1 Å². The van der Waals surface area contributed by atoms with Crippen molar-refractivity contribution >= 4 is 17.5 Å². The van der Waals surface area contributed by atoms with E-state index in [1.165, 1.54) is 17.8 Å². The first-order valence-electron chi connectivity index (χ1n) is 9.12. The van der Waals surface area contributed by atoms with Gasteiger partial charge < -0.3 is 0 Å². The minimum Gasteiger partial charge on any atom is -0.293 e. The summed E-state index contributed by atoms with van der Waals surface area (Å²) in [6.45, 7) is 1.70. The Morgan fingerprint density at radius 1 is 0.967 bits per heavy atom. The number of benzene rings is 2. The van der Waals surface area contributed by atoms with Crippen LogP contribution in [0.5, 0.6) is 0 Å². The third-order valence-corrected chi connectivity index (χ3v) is 5.48. The average Bonchev–Trinajstić information content (AvgIpc) is 3.19. The minimum atomic E-state index is -1.05. The zero-order valence-corrected chi connectivity index (χ0v) is 16.7. The Kier molecular flexibility index (Phi) is 5.67. The number of hydrogen-bond acceptors (Lipinski definition) is 5. The lowest BCUT2D eigenvalue weighted by molar-refractivity contribution is 0.0993. The lowest BCUT2D eigenvalue weighted by Gasteiger charge is -2.13. The number of aromatic nitrogens is 4. The molecule has 30 heavy (non-hydrogen) atoms. The number of carbonyl (C=O) groups excluding carboxylic acids is 1. The van der Waals surface area contributed by atoms with Crippen molar-refractivity contribution in [2.75, 3.05) is 0 Å². The van der Waals surface area contributed by atoms with Crippen LogP contribution >= 0.6 is 11.8 Å². The molecular weight excluding hydrogens is 406 g/mol. The number of carbonyl (C=O) groups is 1. The molecule has 0 radical (unpaired) electrons. The average molecular weight is 422 g/mol. The second-order valence-corrected chi connectivity index (χ2v) is 7.77. The standard InChI is InChI=1S/C22H16F2N4OS/c1-14(20(29)16-7-8-18(23)19(24)13-16)30-22-27-26-21(15-9-11-25-12-10-15)28(22)17-5-3-2-4-6-17/h2-14H,1H3. The zero-order valence-electron chi connectivity index (χ0n) is 15.9. The Morgan fingerprint density at radius 3 is 2.40 bits per heavy atom. The number of rotatable bonds is 6. The van der Waals surface area contributed by atoms with E-state index in [2.05, 4.69) is 15.2 Å². The summed E-state index contributed by atoms with van der Waals surface area (Å²) in [5.74, 6) is -1.76. The minimum absolute atomic E-state index is 0.106. The van der Waals surface area contributed by atoms with E-state index in [1.54, 1.807) is 19.3 Å². The maximum Gasteiger partial charge on any atom is 0.196 e. The lowest BCUT2D eigenvalue weighted by atomic mass is 10.1. The summed E-state index contributed by atoms with van der Waals surface area (Å²) >= 11 is 1.20. The topological polar surface area (TPSA) is 60.7 Å². The first-order chi connectivity index (χ1) is 14.5. The van der Waals surface area contributed by atoms with Crippen LogP contribution in [0.1, 0.15) is 17.3 Å². The molecule has 1 atom stereocenters. The van der Waals surface area contributed by atoms with E-state index in [1.807, 2.05) is 47.0 Å². The second-order valence-electron chi connectivity index (χ2n) is 6.47. The molecule has 4 rings (SSSR count). The largest absolute Gasteiger partial charge is 0.293 e. The van der Waals surface area contributed by atoms with Crippen molar-refractivity contribution in [1.29, 1.82) is 0 Å². The van der Waals surface area contributed by atoms with E-state index in [9.17, 15) is 13.6 Å². The fraction of sp³-hybridized carbons (Fsp3) is 0.0909. The summed E-state index contributed by atoms with van der Waals surface area (Å²) in [6, 6.07) is 16.3. The van der Waals surface area contributed by atoms with Crippen molar-refractivity contribution in [3.63, 3.8) is 0 Å². The number of hydrogen-bond donors (Lipinski definition) is 0. The van der Waals surface area contributed by atoms with Gasteiger partial charge in [-0.05, 0) is 49.4 Å². The number of ketones is 1. The number of halogens is 2. The number of para-hydroxylation sites is 1. The molecule has 0 aliphatic carbocycles. The molecule has 2 heterocycles. The van der Waals surface area contributed by atoms with Crippen molar-refractivity contribution < 1.29 is 13.6 Å². The van der Waals surface area contributed by atoms with Crippen LogP contribution in [0.15, 0.2) is 78.2 Å². The summed E-state index contributed by atoms with van der Waals surface area (Å²) in [7, 11) is 0. The van der Waals surface area contributed by atoms with Gasteiger partial charge in [-0.25, -0.2) is 8.78 Å². The van der Waals surface area contributed by atoms with Crippen molar-refractivity contribution in [2.24, 2.45) is 0 Å². The highest BCUT2D eigenvalue weighted by Gasteiger charge is 2.23. The van der Waals surface area contributed by atoms with Crippen LogP contribution in [-0.4, -0.2) is 30.8 Å². The molecule has 0 fully saturated rings. The summed E-state index contributed by atoms with van der Waals surface area (Å²) in [6.07, 6.45) is 3.34. The molecule has 8 heteroatoms. The van der Waals surface area contributed by atoms with Crippen LogP contribution in [-0.2, 0) is 0 Å². The van der Waals surface area contributed by atoms with E-state index in [-0.39, 0.29) is 11.3 Å². The SMILES string of the molecule is CC(Sc1nnc(-c2ccncc2)n1-c1ccccc1)C(=O)c1ccc(F)c(F)c1. The van der Waals surface area contributed by atoms with Crippen LogP contribution in [0.3, 0.4) is 0 Å². The molecule has 150 valence electrons. The lowest BCUT2D eigenvalue weighted by Crippen LogP contribution is -2.15. The van der Waals surface area contributed by atoms with Crippen molar-refractivity contribution in [1.82, 2.24) is 19.7 Å². The van der Waals surface area contributed by atoms with Gasteiger partial charge in [0, 0.05) is 29.2 Å². The molecule has 2 aromatic heterocycles. The van der Waals surface area contributed by atoms with Gasteiger partial charge in [-0.1, -0.05) is 30.0 Å². The molecule has 0 N–H and O–H groups in total. The molecule has 0 spiro atoms. The summed E-state index contributed by atoms with van der Waals surface area (Å²) in [5, 5.41) is 8.52. The highest BCUT2D eigenvalue weighted by atomic mass is 32.2. The molecule has 0 saturated carbocycles. The van der Waals surface area contributed by atoms with Crippen LogP contribution in [0.4, 0.5) is 8.78 Å². The second kappa shape index (κ2) is 8.54. The molecule has 0 amide bonds. The Bertz CT molecular complexity index is 1180. The Hall–Kier alpha value is -3.39. The normalized spacial score (nSPS) is 12.0. The summed E-state index contributed by atoms with van der Waals surface area (Å²) < 4.78 is 28.6. The van der Waals surface area contributed by atoms with Crippen LogP contribution < -0.4 is 0 Å². The quantitative estimate of drug-likeness (QED) is 0.324. The van der Waals surface area contributed by atoms with Gasteiger partial charge >= 0.3 is 0 Å². The zero-order chi connectivity index (χ0) is 21.1. The van der Waals surface area contributed by atoms with Crippen molar-refractivity contribution in [2.45, 2.75) is 17.3 Å². The van der Waals surface area contributed by atoms with E-state index in [0.717, 1.165) is 23.4 Å². The Balaban J connectivity index is 1.69. The van der Waals surface area contributed by atoms with E-state index >= 15 is 0 Å². The van der Waals surface area contributed by atoms with Gasteiger partial charge in [0.25, 0.3) is 0 Å². The molecular formula is C22H16F2N4OS. The first-order valence-corrected chi connectivity index (χ1v) is 9.99. The molecule has 0 bridgehead atoms. The molecule has 0 aliphatic heterocycles. The van der Waals surface area contributed by atoms with Gasteiger partial charge in [0.15, 0.2) is 28.4 Å². The fourth-order valence-corrected chi connectivity index (χ4v) is 3.88. The van der Waals surface area contributed by atoms with Crippen LogP contribution in [0.25, 0.3) is 17.1 Å². The molecule has 5 nitrogen and oxygen atoms in total. The highest BCUT2D eigenvalue weighted by Crippen LogP contribution is 2.31. The predicted octanol–water partition coefficient (Wildman–Crippen LogP) is 4.97. The number of thioether (sulfide) groups is 1. The van der Waals surface area contributed by atoms with Crippen LogP contribution in [0, 0.1) is 11.6 Å². The molecule has 2 aromatic carbocycles. The first kappa shape index (κ1) is 19.9. The summed E-state index contributed by atoms with van der Waals surface area (Å²) in [5.41, 5.74) is 1.77. The van der Waals surface area contributed by atoms with Gasteiger partial charge in [0.2, 0.25) is 0 Å². The summed E-state index contributed by atoms with van der Waals surface area (Å²) in [4.78, 5) is 16.8.